The molecule has 8 rings (SSSR count). The minimum Gasteiger partial charge on any atom is -0.508 e. The van der Waals surface area contributed by atoms with Crippen molar-refractivity contribution in [3.05, 3.63) is 107 Å². The number of nitrogens with zero attached hydrogens (tertiary/aromatic N) is 1. The third-order valence-corrected chi connectivity index (χ3v) is 16.5. The number of carbonyl (C=O) groups is 3. The van der Waals surface area contributed by atoms with Gasteiger partial charge in [0.05, 0.1) is 17.7 Å². The number of carbonyl (C=O) groups excluding carboxylic acids is 2. The first kappa shape index (κ1) is 52.2. The molecule has 9 atom stereocenters. The lowest BCUT2D eigenvalue weighted by Gasteiger charge is -2.53. The molecule has 1 aliphatic carbocycles. The van der Waals surface area contributed by atoms with E-state index in [0.29, 0.717) is 30.4 Å². The van der Waals surface area contributed by atoms with E-state index in [-0.39, 0.29) is 64.1 Å². The Morgan fingerprint density at radius 1 is 1.07 bits per heavy atom. The summed E-state index contributed by atoms with van der Waals surface area (Å²) in [5.41, 5.74) is 4.71. The number of aliphatic carboxylic acids is 1. The summed E-state index contributed by atoms with van der Waals surface area (Å²) in [6.45, 7) is 3.59. The molecule has 3 aromatic carbocycles. The monoisotopic (exact) mass is 1010 g/mol. The maximum absolute atomic E-state index is 13.5. The van der Waals surface area contributed by atoms with E-state index in [1.54, 1.807) is 0 Å². The number of aliphatic hydroxyl groups is 3. The number of β-amino-alcohol motifs (C(OH)–C–C–N with tert-alkyl or cyclic N) is 1. The van der Waals surface area contributed by atoms with Gasteiger partial charge in [0.15, 0.2) is 23.6 Å². The van der Waals surface area contributed by atoms with Gasteiger partial charge in [-0.2, -0.15) is 0 Å². The fourth-order valence-electron chi connectivity index (χ4n) is 10.4. The second-order valence-corrected chi connectivity index (χ2v) is 21.4. The molecule has 0 aromatic heterocycles. The molecule has 71 heavy (non-hydrogen) atoms. The number of hydrogen-bond donors (Lipinski definition) is 8. The molecule has 0 bridgehead atoms. The summed E-state index contributed by atoms with van der Waals surface area (Å²) < 4.78 is 24.3. The molecule has 18 heteroatoms. The molecule has 3 aromatic rings. The number of aryl methyl sites for hydroxylation is 1. The Morgan fingerprint density at radius 3 is 2.59 bits per heavy atom. The maximum atomic E-state index is 13.5. The first-order valence-corrected chi connectivity index (χ1v) is 26.8. The summed E-state index contributed by atoms with van der Waals surface area (Å²) in [7, 11) is 2.76. The number of primary amides is 1. The Kier molecular flexibility index (Phi) is 17.3. The minimum absolute atomic E-state index is 0.0138. The third-order valence-electron chi connectivity index (χ3n) is 14.5. The quantitative estimate of drug-likeness (QED) is 0.0460. The van der Waals surface area contributed by atoms with Crippen LogP contribution in [-0.2, 0) is 30.3 Å². The summed E-state index contributed by atoms with van der Waals surface area (Å²) in [6.07, 6.45) is 10.1. The number of aromatic hydroxyl groups is 1. The molecule has 2 saturated heterocycles. The number of phenols is 1. The predicted octanol–water partition coefficient (Wildman–Crippen LogP) is 6.08. The van der Waals surface area contributed by atoms with Gasteiger partial charge >= 0.3 is 5.97 Å². The van der Waals surface area contributed by atoms with Gasteiger partial charge in [-0.25, -0.2) is 4.79 Å². The Morgan fingerprint density at radius 2 is 1.86 bits per heavy atom. The van der Waals surface area contributed by atoms with Crippen LogP contribution in [0, 0.1) is 17.8 Å². The normalized spacial score (nSPS) is 28.9. The molecular weight excluding hydrogens is 949 g/mol. The highest BCUT2D eigenvalue weighted by atomic mass is 33.1. The van der Waals surface area contributed by atoms with Crippen LogP contribution >= 0.6 is 21.6 Å². The lowest BCUT2D eigenvalue weighted by atomic mass is 9.73. The maximum Gasteiger partial charge on any atom is 0.335 e. The van der Waals surface area contributed by atoms with Gasteiger partial charge in [0.1, 0.15) is 35.1 Å². The molecule has 16 nitrogen and oxygen atoms in total. The standard InChI is InChI=1S/C53H64N4O12S2/c1-32(9-7-12-33-10-5-6-11-34(33)13-8-23-57-37-14-3-2-4-15-37)41-27-56-29-52(65)51(69-47(50(63)64)48(61)53(52,30-58)66-31-71-70-28-42(41)36-22-24-55-26-36)67-39-20-21-40-43(25-39)68-46(49(54)62)44(45(40)60)35-16-18-38(59)19-17-35/h5-7,10-12,16-22,25-26,30,32,37,41-42,46-48,51,56-57,59-61,65H,2-4,8-9,13-15,23-24,27-29,31H2,1H3,(H2,54,62)(H,63,64). The number of carboxylic acids is 1. The van der Waals surface area contributed by atoms with Crippen molar-refractivity contribution in [2.75, 3.05) is 37.9 Å². The second kappa shape index (κ2) is 23.6. The number of aldehydes is 1. The SMILES string of the molecule is CC(CC=Cc1ccccc1CCCNC1CCCCC1)C1CNCC2(O)C(Oc3ccc4c(c3)OC(C(N)=O)C(c3ccc(O)cc3)=C4O)OC(C(=O)O)C(O)C2(C=O)OCSSCC1C1=CCN=C1. The average molecular weight is 1010 g/mol. The van der Waals surface area contributed by atoms with Crippen molar-refractivity contribution < 1.29 is 58.9 Å². The summed E-state index contributed by atoms with van der Waals surface area (Å²) in [5.74, 6) is -2.64. The molecule has 1 saturated carbocycles. The van der Waals surface area contributed by atoms with Crippen LogP contribution in [0.2, 0.25) is 0 Å². The molecule has 4 heterocycles. The number of allylic oxidation sites excluding steroid dienone is 2. The van der Waals surface area contributed by atoms with Gasteiger partial charge in [-0.05, 0) is 109 Å². The number of nitrogens with two attached hydrogens (primary N) is 1. The second-order valence-electron chi connectivity index (χ2n) is 19.0. The number of carboxylic acid groups (broad SMARTS) is 1. The highest BCUT2D eigenvalue weighted by Crippen LogP contribution is 2.46. The number of fused-ring (bicyclic) bond motifs is 2. The Bertz CT molecular complexity index is 2500. The largest absolute Gasteiger partial charge is 0.508 e. The Labute approximate surface area is 421 Å². The molecule has 380 valence electrons. The lowest BCUT2D eigenvalue weighted by Crippen LogP contribution is -2.80. The lowest BCUT2D eigenvalue weighted by molar-refractivity contribution is -0.340. The van der Waals surface area contributed by atoms with Gasteiger partial charge in [-0.1, -0.05) is 102 Å². The summed E-state index contributed by atoms with van der Waals surface area (Å²) >= 11 is 0. The first-order chi connectivity index (χ1) is 34.3. The number of aliphatic hydroxyl groups excluding tert-OH is 2. The summed E-state index contributed by atoms with van der Waals surface area (Å²) in [5, 5.41) is 63.5. The number of nitrogens with one attached hydrogen (secondary N) is 2. The summed E-state index contributed by atoms with van der Waals surface area (Å²) in [4.78, 5) is 43.4. The fraction of sp³-hybridized carbons (Fsp3) is 0.472. The highest BCUT2D eigenvalue weighted by Gasteiger charge is 2.69. The van der Waals surface area contributed by atoms with E-state index in [0.717, 1.165) is 31.4 Å². The Hall–Kier alpha value is -5.18. The van der Waals surface area contributed by atoms with E-state index in [9.17, 15) is 39.9 Å². The number of hydrogen-bond acceptors (Lipinski definition) is 16. The van der Waals surface area contributed by atoms with E-state index in [2.05, 4.69) is 65.0 Å². The average Bonchev–Trinajstić information content (AvgIpc) is 3.91. The fourth-order valence-corrected chi connectivity index (χ4v) is 12.5. The number of phenolic OH excluding ortho intramolecular Hbond substituents is 1. The van der Waals surface area contributed by atoms with Gasteiger partial charge in [-0.15, -0.1) is 0 Å². The van der Waals surface area contributed by atoms with Gasteiger partial charge in [-0.3, -0.25) is 14.6 Å². The number of benzene rings is 3. The van der Waals surface area contributed by atoms with Gasteiger partial charge in [0.2, 0.25) is 12.4 Å². The zero-order valence-corrected chi connectivity index (χ0v) is 41.3. The number of rotatable bonds is 16. The van der Waals surface area contributed by atoms with Crippen LogP contribution in [0.4, 0.5) is 0 Å². The minimum atomic E-state index is -2.59. The van der Waals surface area contributed by atoms with Crippen molar-refractivity contribution in [1.82, 2.24) is 10.6 Å². The molecule has 5 aliphatic rings. The van der Waals surface area contributed by atoms with E-state index < -0.39 is 54.2 Å². The van der Waals surface area contributed by atoms with Crippen molar-refractivity contribution in [3.63, 3.8) is 0 Å². The van der Waals surface area contributed by atoms with Crippen molar-refractivity contribution in [2.24, 2.45) is 28.5 Å². The summed E-state index contributed by atoms with van der Waals surface area (Å²) in [6, 6.07) is 19.0. The van der Waals surface area contributed by atoms with Crippen LogP contribution in [0.5, 0.6) is 17.2 Å². The smallest absolute Gasteiger partial charge is 0.335 e. The molecule has 9 unspecified atom stereocenters. The molecular formula is C53H64N4O12S2. The van der Waals surface area contributed by atoms with Gasteiger partial charge in [0, 0.05) is 30.6 Å². The molecule has 1 amide bonds. The van der Waals surface area contributed by atoms with Crippen molar-refractivity contribution >= 4 is 63.4 Å². The van der Waals surface area contributed by atoms with E-state index in [4.69, 9.17) is 24.7 Å². The topological polar surface area (TPSA) is 252 Å². The zero-order valence-electron chi connectivity index (χ0n) is 39.7. The number of aliphatic imine (C=N–C) groups is 1. The van der Waals surface area contributed by atoms with Crippen LogP contribution in [-0.4, -0.2) is 130 Å². The van der Waals surface area contributed by atoms with E-state index >= 15 is 0 Å². The molecule has 3 fully saturated rings. The van der Waals surface area contributed by atoms with Crippen molar-refractivity contribution in [2.45, 2.75) is 100 Å². The van der Waals surface area contributed by atoms with Crippen molar-refractivity contribution in [1.29, 1.82) is 0 Å². The first-order valence-electron chi connectivity index (χ1n) is 24.3. The predicted molar refractivity (Wildman–Crippen MR) is 274 cm³/mol. The third kappa shape index (κ3) is 11.6. The zero-order chi connectivity index (χ0) is 50.1. The molecule has 0 spiro atoms. The number of amides is 1. The van der Waals surface area contributed by atoms with Crippen molar-refractivity contribution in [3.8, 4) is 17.2 Å². The molecule has 0 radical (unpaired) electrons. The molecule has 4 aliphatic heterocycles. The van der Waals surface area contributed by atoms with Crippen LogP contribution in [0.25, 0.3) is 17.4 Å². The number of ether oxygens (including phenoxy) is 4. The Balaban J connectivity index is 1.05. The van der Waals surface area contributed by atoms with Crippen LogP contribution < -0.4 is 25.8 Å². The highest BCUT2D eigenvalue weighted by molar-refractivity contribution is 8.76. The van der Waals surface area contributed by atoms with E-state index in [1.165, 1.54) is 107 Å². The van der Waals surface area contributed by atoms with Gasteiger partial charge in [0.25, 0.3) is 5.91 Å². The van der Waals surface area contributed by atoms with Crippen LogP contribution in [0.15, 0.2) is 89.4 Å². The van der Waals surface area contributed by atoms with Crippen LogP contribution in [0.1, 0.15) is 74.1 Å². The van der Waals surface area contributed by atoms with Crippen LogP contribution in [0.3, 0.4) is 0 Å². The molecule has 9 N–H and O–H groups in total. The van der Waals surface area contributed by atoms with E-state index in [1.807, 2.05) is 6.21 Å². The van der Waals surface area contributed by atoms with Gasteiger partial charge < -0.3 is 60.8 Å².